The predicted octanol–water partition coefficient (Wildman–Crippen LogP) is 3.84. The molecule has 162 valence electrons. The second-order valence-corrected chi connectivity index (χ2v) is 8.97. The molecule has 30 heavy (non-hydrogen) atoms. The summed E-state index contributed by atoms with van der Waals surface area (Å²) in [5, 5.41) is 5.55. The van der Waals surface area contributed by atoms with Gasteiger partial charge >= 0.3 is 6.03 Å². The summed E-state index contributed by atoms with van der Waals surface area (Å²) in [4.78, 5) is 12.5. The van der Waals surface area contributed by atoms with Gasteiger partial charge in [0.25, 0.3) is 0 Å². The Morgan fingerprint density at radius 1 is 1.13 bits per heavy atom. The van der Waals surface area contributed by atoms with Crippen LogP contribution in [0, 0.1) is 0 Å². The van der Waals surface area contributed by atoms with Crippen molar-refractivity contribution < 1.29 is 22.7 Å². The Balaban J connectivity index is 1.77. The van der Waals surface area contributed by atoms with E-state index in [1.54, 1.807) is 30.3 Å². The molecule has 0 fully saturated rings. The maximum Gasteiger partial charge on any atom is 0.323 e. The Hall–Kier alpha value is -2.94. The number of rotatable bonds is 7. The fraction of sp³-hybridized carbons (Fsp3) is 0.381. The van der Waals surface area contributed by atoms with Crippen LogP contribution < -0.4 is 24.4 Å². The van der Waals surface area contributed by atoms with Crippen LogP contribution in [0.3, 0.4) is 0 Å². The quantitative estimate of drug-likeness (QED) is 0.692. The molecule has 0 atom stereocenters. The molecule has 0 unspecified atom stereocenters. The number of amides is 2. The van der Waals surface area contributed by atoms with Crippen molar-refractivity contribution in [2.75, 3.05) is 41.5 Å². The smallest absolute Gasteiger partial charge is 0.323 e. The molecule has 0 saturated heterocycles. The van der Waals surface area contributed by atoms with Crippen LogP contribution in [0.4, 0.5) is 21.9 Å². The highest BCUT2D eigenvalue weighted by atomic mass is 32.2. The molecule has 0 spiro atoms. The molecule has 8 nitrogen and oxygen atoms in total. The molecule has 2 aromatic carbocycles. The molecule has 9 heteroatoms. The van der Waals surface area contributed by atoms with Crippen LogP contribution in [-0.4, -0.2) is 41.0 Å². The molecular weight excluding hydrogens is 406 g/mol. The van der Waals surface area contributed by atoms with Crippen molar-refractivity contribution in [3.05, 3.63) is 42.0 Å². The van der Waals surface area contributed by atoms with Gasteiger partial charge in [0.1, 0.15) is 0 Å². The maximum atomic E-state index is 12.6. The summed E-state index contributed by atoms with van der Waals surface area (Å²) in [6.07, 6.45) is 2.07. The average Bonchev–Trinajstić information content (AvgIpc) is 2.72. The number of nitrogens with one attached hydrogen (secondary N) is 2. The summed E-state index contributed by atoms with van der Waals surface area (Å²) in [5.41, 5.74) is 2.65. The van der Waals surface area contributed by atoms with Crippen molar-refractivity contribution in [2.45, 2.75) is 26.2 Å². The average molecular weight is 434 g/mol. The minimum atomic E-state index is -3.33. The van der Waals surface area contributed by atoms with Crippen molar-refractivity contribution in [1.82, 2.24) is 0 Å². The molecule has 0 aromatic heterocycles. The van der Waals surface area contributed by atoms with E-state index in [2.05, 4.69) is 10.6 Å². The Labute approximate surface area is 177 Å². The van der Waals surface area contributed by atoms with Crippen molar-refractivity contribution in [3.8, 4) is 11.5 Å². The standard InChI is InChI=1S/C21H27N3O5S/c1-4-13-30(26,27)24-12-6-7-15-14-16(10-11-18(15)24)22-21(25)23-17-8-5-9-19(28-2)20(17)29-3/h5,8-11,14H,4,6-7,12-13H2,1-3H3,(H2,22,23,25). The van der Waals surface area contributed by atoms with E-state index in [0.717, 1.165) is 18.4 Å². The Morgan fingerprint density at radius 2 is 1.93 bits per heavy atom. The summed E-state index contributed by atoms with van der Waals surface area (Å²) in [7, 11) is -0.301. The van der Waals surface area contributed by atoms with E-state index < -0.39 is 16.1 Å². The maximum absolute atomic E-state index is 12.6. The van der Waals surface area contributed by atoms with Crippen LogP contribution in [0.1, 0.15) is 25.3 Å². The van der Waals surface area contributed by atoms with Crippen molar-refractivity contribution in [3.63, 3.8) is 0 Å². The van der Waals surface area contributed by atoms with Gasteiger partial charge in [-0.15, -0.1) is 0 Å². The zero-order valence-electron chi connectivity index (χ0n) is 17.4. The highest BCUT2D eigenvalue weighted by Crippen LogP contribution is 2.35. The number of methoxy groups -OCH3 is 2. The second kappa shape index (κ2) is 9.25. The SMILES string of the molecule is CCCS(=O)(=O)N1CCCc2cc(NC(=O)Nc3cccc(OC)c3OC)ccc21. The Kier molecular flexibility index (Phi) is 6.71. The van der Waals surface area contributed by atoms with Gasteiger partial charge in [0, 0.05) is 12.2 Å². The molecular formula is C21H27N3O5S. The molecule has 1 aliphatic rings. The number of benzene rings is 2. The molecule has 0 radical (unpaired) electrons. The van der Waals surface area contributed by atoms with Gasteiger partial charge < -0.3 is 20.1 Å². The number of anilines is 3. The zero-order chi connectivity index (χ0) is 21.7. The number of nitrogens with zero attached hydrogens (tertiary/aromatic N) is 1. The van der Waals surface area contributed by atoms with Crippen LogP contribution in [-0.2, 0) is 16.4 Å². The summed E-state index contributed by atoms with van der Waals surface area (Å²) in [5.74, 6) is 1.06. The van der Waals surface area contributed by atoms with E-state index in [4.69, 9.17) is 9.47 Å². The lowest BCUT2D eigenvalue weighted by atomic mass is 10.0. The number of ether oxygens (including phenoxy) is 2. The number of urea groups is 1. The third-order valence-corrected chi connectivity index (χ3v) is 6.84. The minimum absolute atomic E-state index is 0.122. The summed E-state index contributed by atoms with van der Waals surface area (Å²) in [6, 6.07) is 10.1. The summed E-state index contributed by atoms with van der Waals surface area (Å²) < 4.78 is 37.2. The van der Waals surface area contributed by atoms with Crippen LogP contribution in [0.15, 0.2) is 36.4 Å². The molecule has 2 aromatic rings. The van der Waals surface area contributed by atoms with Crippen LogP contribution in [0.5, 0.6) is 11.5 Å². The first-order valence-electron chi connectivity index (χ1n) is 9.82. The van der Waals surface area contributed by atoms with Gasteiger partial charge in [0.15, 0.2) is 11.5 Å². The summed E-state index contributed by atoms with van der Waals surface area (Å²) >= 11 is 0. The van der Waals surface area contributed by atoms with E-state index in [1.807, 2.05) is 13.0 Å². The molecule has 0 aliphatic carbocycles. The number of fused-ring (bicyclic) bond motifs is 1. The fourth-order valence-corrected chi connectivity index (χ4v) is 5.19. The van der Waals surface area contributed by atoms with E-state index >= 15 is 0 Å². The first-order valence-corrected chi connectivity index (χ1v) is 11.4. The number of sulfonamides is 1. The summed E-state index contributed by atoms with van der Waals surface area (Å²) in [6.45, 7) is 2.34. The number of hydrogen-bond acceptors (Lipinski definition) is 5. The molecule has 1 heterocycles. The number of hydrogen-bond donors (Lipinski definition) is 2. The van der Waals surface area contributed by atoms with E-state index in [9.17, 15) is 13.2 Å². The largest absolute Gasteiger partial charge is 0.493 e. The Morgan fingerprint density at radius 3 is 2.63 bits per heavy atom. The van der Waals surface area contributed by atoms with Crippen molar-refractivity contribution >= 4 is 33.1 Å². The zero-order valence-corrected chi connectivity index (χ0v) is 18.2. The van der Waals surface area contributed by atoms with Gasteiger partial charge in [-0.05, 0) is 55.2 Å². The van der Waals surface area contributed by atoms with Gasteiger partial charge in [0.2, 0.25) is 10.0 Å². The van der Waals surface area contributed by atoms with Gasteiger partial charge in [-0.2, -0.15) is 0 Å². The molecule has 2 amide bonds. The lowest BCUT2D eigenvalue weighted by Gasteiger charge is -2.30. The van der Waals surface area contributed by atoms with Gasteiger partial charge in [-0.3, -0.25) is 4.31 Å². The van der Waals surface area contributed by atoms with Crippen LogP contribution >= 0.6 is 0 Å². The minimum Gasteiger partial charge on any atom is -0.493 e. The molecule has 1 aliphatic heterocycles. The van der Waals surface area contributed by atoms with Gasteiger partial charge in [-0.25, -0.2) is 13.2 Å². The second-order valence-electron chi connectivity index (χ2n) is 6.96. The highest BCUT2D eigenvalue weighted by Gasteiger charge is 2.27. The monoisotopic (exact) mass is 433 g/mol. The van der Waals surface area contributed by atoms with E-state index in [0.29, 0.717) is 41.5 Å². The lowest BCUT2D eigenvalue weighted by molar-refractivity contribution is 0.262. The number of carbonyl (C=O) groups excluding carboxylic acids is 1. The number of aryl methyl sites for hydroxylation is 1. The highest BCUT2D eigenvalue weighted by molar-refractivity contribution is 7.92. The van der Waals surface area contributed by atoms with Crippen molar-refractivity contribution in [1.29, 1.82) is 0 Å². The third-order valence-electron chi connectivity index (χ3n) is 4.86. The fourth-order valence-electron chi connectivity index (χ4n) is 3.57. The van der Waals surface area contributed by atoms with E-state index in [-0.39, 0.29) is 5.75 Å². The van der Waals surface area contributed by atoms with Gasteiger partial charge in [0.05, 0.1) is 31.3 Å². The first-order chi connectivity index (χ1) is 14.4. The normalized spacial score (nSPS) is 13.4. The molecule has 2 N–H and O–H groups in total. The third kappa shape index (κ3) is 4.62. The number of para-hydroxylation sites is 1. The predicted molar refractivity (Wildman–Crippen MR) is 118 cm³/mol. The Bertz CT molecular complexity index is 1020. The molecule has 3 rings (SSSR count). The lowest BCUT2D eigenvalue weighted by Crippen LogP contribution is -2.37. The molecule has 0 saturated carbocycles. The number of carbonyl (C=O) groups is 1. The first kappa shape index (κ1) is 21.8. The van der Waals surface area contributed by atoms with Gasteiger partial charge in [-0.1, -0.05) is 13.0 Å². The van der Waals surface area contributed by atoms with Crippen LogP contribution in [0.2, 0.25) is 0 Å². The van der Waals surface area contributed by atoms with E-state index in [1.165, 1.54) is 18.5 Å². The van der Waals surface area contributed by atoms with Crippen molar-refractivity contribution in [2.24, 2.45) is 0 Å². The van der Waals surface area contributed by atoms with Crippen LogP contribution in [0.25, 0.3) is 0 Å². The topological polar surface area (TPSA) is 97.0 Å². The molecule has 0 bridgehead atoms.